The van der Waals surface area contributed by atoms with Crippen LogP contribution in [0, 0.1) is 18.3 Å². The zero-order valence-corrected chi connectivity index (χ0v) is 15.6. The molecule has 0 amide bonds. The van der Waals surface area contributed by atoms with Crippen LogP contribution in [-0.2, 0) is 10.0 Å². The maximum Gasteiger partial charge on any atom is 0.289 e. The lowest BCUT2D eigenvalue weighted by Crippen LogP contribution is -2.13. The van der Waals surface area contributed by atoms with Crippen LogP contribution in [0.15, 0.2) is 47.5 Å². The van der Waals surface area contributed by atoms with Gasteiger partial charge in [-0.1, -0.05) is 17.4 Å². The first-order valence-corrected chi connectivity index (χ1v) is 10.1. The molecular formula is C17H12N6O2S2. The minimum atomic E-state index is -3.89. The Hall–Kier alpha value is -3.29. The maximum atomic E-state index is 12.8. The van der Waals surface area contributed by atoms with Crippen molar-refractivity contribution in [2.75, 3.05) is 4.72 Å². The van der Waals surface area contributed by atoms with Gasteiger partial charge in [0.05, 0.1) is 27.3 Å². The third kappa shape index (κ3) is 3.03. The summed E-state index contributed by atoms with van der Waals surface area (Å²) in [6.07, 6.45) is 6.00. The van der Waals surface area contributed by atoms with E-state index < -0.39 is 10.0 Å². The normalized spacial score (nSPS) is 11.4. The fourth-order valence-electron chi connectivity index (χ4n) is 2.72. The molecule has 0 aliphatic heterocycles. The highest BCUT2D eigenvalue weighted by atomic mass is 32.2. The summed E-state index contributed by atoms with van der Waals surface area (Å²) < 4.78 is 28.0. The molecule has 0 spiro atoms. The number of benzene rings is 1. The van der Waals surface area contributed by atoms with Gasteiger partial charge in [0.1, 0.15) is 12.4 Å². The highest BCUT2D eigenvalue weighted by Gasteiger charge is 2.22. The molecule has 0 aliphatic rings. The van der Waals surface area contributed by atoms with Crippen molar-refractivity contribution < 1.29 is 8.42 Å². The minimum absolute atomic E-state index is 0.0723. The molecule has 0 radical (unpaired) electrons. The number of H-pyrrole nitrogens is 1. The molecule has 2 N–H and O–H groups in total. The summed E-state index contributed by atoms with van der Waals surface area (Å²) in [4.78, 5) is 15.6. The fraction of sp³-hybridized carbons (Fsp3) is 0.0588. The molecule has 10 heteroatoms. The number of rotatable bonds is 4. The predicted octanol–water partition coefficient (Wildman–Crippen LogP) is 3.06. The number of aromatic amines is 1. The second kappa shape index (κ2) is 6.46. The Kier molecular flexibility index (Phi) is 4.10. The molecule has 3 heterocycles. The van der Waals surface area contributed by atoms with Gasteiger partial charge in [0.2, 0.25) is 4.34 Å². The summed E-state index contributed by atoms with van der Waals surface area (Å²) in [5, 5.41) is 9.93. The van der Waals surface area contributed by atoms with E-state index in [4.69, 9.17) is 0 Å². The molecule has 27 heavy (non-hydrogen) atoms. The summed E-state index contributed by atoms with van der Waals surface area (Å²) in [7, 11) is -3.89. The Morgan fingerprint density at radius 3 is 2.85 bits per heavy atom. The van der Waals surface area contributed by atoms with Gasteiger partial charge in [0, 0.05) is 24.0 Å². The average Bonchev–Trinajstić information content (AvgIpc) is 3.32. The molecule has 4 rings (SSSR count). The largest absolute Gasteiger partial charge is 0.358 e. The van der Waals surface area contributed by atoms with Gasteiger partial charge >= 0.3 is 0 Å². The lowest BCUT2D eigenvalue weighted by Gasteiger charge is -2.08. The highest BCUT2D eigenvalue weighted by molar-refractivity contribution is 7.94. The van der Waals surface area contributed by atoms with Gasteiger partial charge < -0.3 is 4.98 Å². The van der Waals surface area contributed by atoms with E-state index in [0.29, 0.717) is 32.7 Å². The van der Waals surface area contributed by atoms with E-state index in [1.165, 1.54) is 12.5 Å². The van der Waals surface area contributed by atoms with Crippen molar-refractivity contribution in [2.24, 2.45) is 0 Å². The van der Waals surface area contributed by atoms with Crippen LogP contribution in [0.1, 0.15) is 11.1 Å². The smallest absolute Gasteiger partial charge is 0.289 e. The molecule has 8 nitrogen and oxygen atoms in total. The number of sulfonamides is 1. The van der Waals surface area contributed by atoms with Gasteiger partial charge in [-0.2, -0.15) is 13.7 Å². The quantitative estimate of drug-likeness (QED) is 0.546. The second-order valence-electron chi connectivity index (χ2n) is 5.68. The van der Waals surface area contributed by atoms with E-state index in [2.05, 4.69) is 30.7 Å². The van der Waals surface area contributed by atoms with Crippen LogP contribution in [0.5, 0.6) is 0 Å². The third-order valence-corrected chi connectivity index (χ3v) is 6.73. The molecule has 0 fully saturated rings. The Morgan fingerprint density at radius 1 is 1.26 bits per heavy atom. The average molecular weight is 396 g/mol. The van der Waals surface area contributed by atoms with Crippen molar-refractivity contribution in [3.8, 4) is 16.6 Å². The summed E-state index contributed by atoms with van der Waals surface area (Å²) in [6, 6.07) is 7.21. The number of fused-ring (bicyclic) bond motifs is 1. The molecular weight excluding hydrogens is 384 g/mol. The molecule has 0 saturated carbocycles. The second-order valence-corrected chi connectivity index (χ2v) is 8.57. The third-order valence-electron chi connectivity index (χ3n) is 3.96. The number of aromatic nitrogens is 4. The van der Waals surface area contributed by atoms with E-state index in [-0.39, 0.29) is 4.34 Å². The number of thiazole rings is 1. The number of aryl methyl sites for hydroxylation is 1. The number of nitrogens with zero attached hydrogens (tertiary/aromatic N) is 4. The van der Waals surface area contributed by atoms with Crippen LogP contribution in [0.2, 0.25) is 0 Å². The predicted molar refractivity (Wildman–Crippen MR) is 102 cm³/mol. The van der Waals surface area contributed by atoms with Gasteiger partial charge in [-0.3, -0.25) is 4.72 Å². The van der Waals surface area contributed by atoms with E-state index in [9.17, 15) is 13.7 Å². The highest BCUT2D eigenvalue weighted by Crippen LogP contribution is 2.32. The molecule has 4 aromatic rings. The number of hydrogen-bond acceptors (Lipinski definition) is 7. The Labute approximate surface area is 158 Å². The number of anilines is 1. The standard InChI is InChI=1S/C17H12N6O2S2/c1-10-2-3-13(16-15(10)11(6-18)7-20-16)23-27(24,25)17-21-8-14(26-17)12-4-5-19-9-22-12/h2-5,7-9,20,23H,1H3. The molecule has 0 unspecified atom stereocenters. The first-order chi connectivity index (χ1) is 13.0. The van der Waals surface area contributed by atoms with Gasteiger partial charge in [0.25, 0.3) is 10.0 Å². The maximum absolute atomic E-state index is 12.8. The van der Waals surface area contributed by atoms with Crippen LogP contribution < -0.4 is 4.72 Å². The van der Waals surface area contributed by atoms with E-state index in [1.54, 1.807) is 30.6 Å². The van der Waals surface area contributed by atoms with Crippen LogP contribution in [0.25, 0.3) is 21.5 Å². The SMILES string of the molecule is Cc1ccc(NS(=O)(=O)c2ncc(-c3ccncn3)s2)c2[nH]cc(C#N)c12. The molecule has 134 valence electrons. The summed E-state index contributed by atoms with van der Waals surface area (Å²) in [5.74, 6) is 0. The van der Waals surface area contributed by atoms with Gasteiger partial charge in [0.15, 0.2) is 0 Å². The number of hydrogen-bond donors (Lipinski definition) is 2. The summed E-state index contributed by atoms with van der Waals surface area (Å²) in [6.45, 7) is 1.87. The van der Waals surface area contributed by atoms with Crippen molar-refractivity contribution in [2.45, 2.75) is 11.3 Å². The zero-order valence-electron chi connectivity index (χ0n) is 14.0. The van der Waals surface area contributed by atoms with Crippen LogP contribution in [0.4, 0.5) is 5.69 Å². The number of nitriles is 1. The Morgan fingerprint density at radius 2 is 2.11 bits per heavy atom. The van der Waals surface area contributed by atoms with Crippen molar-refractivity contribution in [3.63, 3.8) is 0 Å². The van der Waals surface area contributed by atoms with Crippen molar-refractivity contribution in [1.82, 2.24) is 19.9 Å². The van der Waals surface area contributed by atoms with Crippen molar-refractivity contribution in [1.29, 1.82) is 5.26 Å². The van der Waals surface area contributed by atoms with E-state index in [0.717, 1.165) is 16.9 Å². The molecule has 0 atom stereocenters. The summed E-state index contributed by atoms with van der Waals surface area (Å²) in [5.41, 5.74) is 2.86. The minimum Gasteiger partial charge on any atom is -0.358 e. The zero-order chi connectivity index (χ0) is 19.0. The molecule has 0 saturated heterocycles. The van der Waals surface area contributed by atoms with Gasteiger partial charge in [-0.05, 0) is 24.6 Å². The van der Waals surface area contributed by atoms with Crippen molar-refractivity contribution in [3.05, 3.63) is 54.2 Å². The monoisotopic (exact) mass is 396 g/mol. The first kappa shape index (κ1) is 17.1. The van der Waals surface area contributed by atoms with E-state index in [1.807, 2.05) is 6.92 Å². The molecule has 0 aliphatic carbocycles. The van der Waals surface area contributed by atoms with Crippen molar-refractivity contribution >= 4 is 38.0 Å². The molecule has 1 aromatic carbocycles. The first-order valence-electron chi connectivity index (χ1n) is 7.75. The number of nitrogens with one attached hydrogen (secondary N) is 2. The van der Waals surface area contributed by atoms with Gasteiger partial charge in [-0.15, -0.1) is 0 Å². The topological polar surface area (TPSA) is 124 Å². The Bertz CT molecular complexity index is 1290. The lowest BCUT2D eigenvalue weighted by molar-refractivity contribution is 0.600. The van der Waals surface area contributed by atoms with E-state index >= 15 is 0 Å². The molecule has 3 aromatic heterocycles. The van der Waals surface area contributed by atoms with Crippen LogP contribution >= 0.6 is 11.3 Å². The van der Waals surface area contributed by atoms with Crippen LogP contribution in [0.3, 0.4) is 0 Å². The Balaban J connectivity index is 1.72. The summed E-state index contributed by atoms with van der Waals surface area (Å²) >= 11 is 1.02. The van der Waals surface area contributed by atoms with Gasteiger partial charge in [-0.25, -0.2) is 15.0 Å². The fourth-order valence-corrected chi connectivity index (χ4v) is 4.92. The lowest BCUT2D eigenvalue weighted by atomic mass is 10.1. The molecule has 0 bridgehead atoms. The van der Waals surface area contributed by atoms with Crippen LogP contribution in [-0.4, -0.2) is 28.4 Å².